The fourth-order valence-electron chi connectivity index (χ4n) is 1.22. The van der Waals surface area contributed by atoms with Crippen molar-refractivity contribution in [1.82, 2.24) is 4.90 Å². The van der Waals surface area contributed by atoms with Gasteiger partial charge in [0.1, 0.15) is 0 Å². The number of carbonyl (C=O) groups is 1. The Labute approximate surface area is 71.3 Å². The lowest BCUT2D eigenvalue weighted by Gasteiger charge is -2.40. The third-order valence-electron chi connectivity index (χ3n) is 2.00. The van der Waals surface area contributed by atoms with E-state index in [1.807, 2.05) is 11.2 Å². The van der Waals surface area contributed by atoms with Crippen molar-refractivity contribution in [2.24, 2.45) is 5.73 Å². The third-order valence-corrected chi connectivity index (χ3v) is 2.54. The van der Waals surface area contributed by atoms with Crippen LogP contribution in [-0.2, 0) is 4.79 Å². The number of hydrogen-bond acceptors (Lipinski definition) is 3. The van der Waals surface area contributed by atoms with Crippen molar-refractivity contribution in [2.75, 3.05) is 25.1 Å². The predicted molar refractivity (Wildman–Crippen MR) is 47.6 cm³/mol. The Balaban J connectivity index is 2.30. The Morgan fingerprint density at radius 1 is 1.82 bits per heavy atom. The van der Waals surface area contributed by atoms with E-state index in [0.717, 1.165) is 13.0 Å². The third kappa shape index (κ3) is 1.87. The van der Waals surface area contributed by atoms with Crippen LogP contribution in [0.1, 0.15) is 6.42 Å². The van der Waals surface area contributed by atoms with E-state index >= 15 is 0 Å². The van der Waals surface area contributed by atoms with Crippen LogP contribution in [0, 0.1) is 0 Å². The van der Waals surface area contributed by atoms with E-state index < -0.39 is 0 Å². The van der Waals surface area contributed by atoms with Gasteiger partial charge >= 0.3 is 0 Å². The van der Waals surface area contributed by atoms with Crippen LogP contribution in [0.5, 0.6) is 0 Å². The highest BCUT2D eigenvalue weighted by molar-refractivity contribution is 7.99. The number of nitrogens with zero attached hydrogens (tertiary/aromatic N) is 1. The zero-order chi connectivity index (χ0) is 8.27. The number of likely N-dealkylation sites (tertiary alicyclic amines) is 1. The van der Waals surface area contributed by atoms with Gasteiger partial charge in [0, 0.05) is 19.1 Å². The van der Waals surface area contributed by atoms with Gasteiger partial charge in [0.2, 0.25) is 5.91 Å². The maximum Gasteiger partial charge on any atom is 0.232 e. The normalized spacial score (nSPS) is 23.1. The summed E-state index contributed by atoms with van der Waals surface area (Å²) in [5.41, 5.74) is 5.46. The predicted octanol–water partition coefficient (Wildman–Crippen LogP) is -0.0910. The molecule has 4 heteroatoms. The highest BCUT2D eigenvalue weighted by Gasteiger charge is 2.29. The summed E-state index contributed by atoms with van der Waals surface area (Å²) in [7, 11) is 0. The molecule has 1 aliphatic rings. The molecule has 0 aliphatic carbocycles. The summed E-state index contributed by atoms with van der Waals surface area (Å²) in [5.74, 6) is 0.829. The van der Waals surface area contributed by atoms with E-state index in [0.29, 0.717) is 18.3 Å². The SMILES string of the molecule is CSCC(=O)N1CCC1CN. The topological polar surface area (TPSA) is 46.3 Å². The zero-order valence-electron chi connectivity index (χ0n) is 6.75. The Morgan fingerprint density at radius 2 is 2.55 bits per heavy atom. The van der Waals surface area contributed by atoms with E-state index in [2.05, 4.69) is 0 Å². The summed E-state index contributed by atoms with van der Waals surface area (Å²) in [6.45, 7) is 1.52. The highest BCUT2D eigenvalue weighted by Crippen LogP contribution is 2.16. The standard InChI is InChI=1S/C7H14N2OS/c1-11-5-7(10)9-3-2-6(9)4-8/h6H,2-5,8H2,1H3. The van der Waals surface area contributed by atoms with Crippen molar-refractivity contribution in [3.8, 4) is 0 Å². The Hall–Kier alpha value is -0.220. The first-order chi connectivity index (χ1) is 5.29. The molecule has 3 nitrogen and oxygen atoms in total. The molecule has 1 unspecified atom stereocenters. The van der Waals surface area contributed by atoms with Crippen LogP contribution in [0.25, 0.3) is 0 Å². The molecular formula is C7H14N2OS. The van der Waals surface area contributed by atoms with Gasteiger partial charge in [0.05, 0.1) is 5.75 Å². The van der Waals surface area contributed by atoms with Crippen molar-refractivity contribution in [3.05, 3.63) is 0 Å². The minimum absolute atomic E-state index is 0.235. The minimum atomic E-state index is 0.235. The van der Waals surface area contributed by atoms with Crippen molar-refractivity contribution in [1.29, 1.82) is 0 Å². The van der Waals surface area contributed by atoms with E-state index in [1.54, 1.807) is 11.8 Å². The van der Waals surface area contributed by atoms with Gasteiger partial charge in [0.15, 0.2) is 0 Å². The number of nitrogens with two attached hydrogens (primary N) is 1. The summed E-state index contributed by atoms with van der Waals surface area (Å²) >= 11 is 1.57. The fourth-order valence-corrected chi connectivity index (χ4v) is 1.63. The van der Waals surface area contributed by atoms with Crippen LogP contribution < -0.4 is 5.73 Å². The van der Waals surface area contributed by atoms with Crippen molar-refractivity contribution < 1.29 is 4.79 Å². The van der Waals surface area contributed by atoms with Crippen molar-refractivity contribution in [3.63, 3.8) is 0 Å². The molecule has 1 heterocycles. The maximum absolute atomic E-state index is 11.2. The number of hydrogen-bond donors (Lipinski definition) is 1. The van der Waals surface area contributed by atoms with Gasteiger partial charge in [-0.05, 0) is 12.7 Å². The molecule has 64 valence electrons. The molecule has 0 aromatic heterocycles. The number of rotatable bonds is 3. The summed E-state index contributed by atoms with van der Waals surface area (Å²) in [5, 5.41) is 0. The van der Waals surface area contributed by atoms with Gasteiger partial charge in [-0.1, -0.05) is 0 Å². The molecule has 0 spiro atoms. The van der Waals surface area contributed by atoms with Gasteiger partial charge in [-0.2, -0.15) is 11.8 Å². The lowest BCUT2D eigenvalue weighted by atomic mass is 10.0. The first kappa shape index (κ1) is 8.87. The van der Waals surface area contributed by atoms with Gasteiger partial charge in [-0.15, -0.1) is 0 Å². The first-order valence-electron chi connectivity index (χ1n) is 3.78. The van der Waals surface area contributed by atoms with Crippen molar-refractivity contribution in [2.45, 2.75) is 12.5 Å². The van der Waals surface area contributed by atoms with Gasteiger partial charge < -0.3 is 10.6 Å². The molecule has 0 saturated carbocycles. The Morgan fingerprint density at radius 3 is 2.91 bits per heavy atom. The molecule has 2 N–H and O–H groups in total. The number of carbonyl (C=O) groups excluding carboxylic acids is 1. The zero-order valence-corrected chi connectivity index (χ0v) is 7.56. The van der Waals surface area contributed by atoms with Gasteiger partial charge in [-0.3, -0.25) is 4.79 Å². The van der Waals surface area contributed by atoms with E-state index in [4.69, 9.17) is 5.73 Å². The number of amides is 1. The summed E-state index contributed by atoms with van der Waals surface area (Å²) in [6.07, 6.45) is 3.02. The van der Waals surface area contributed by atoms with Crippen LogP contribution in [0.15, 0.2) is 0 Å². The summed E-state index contributed by atoms with van der Waals surface area (Å²) < 4.78 is 0. The Kier molecular flexibility index (Phi) is 3.20. The number of thioether (sulfide) groups is 1. The van der Waals surface area contributed by atoms with Crippen LogP contribution in [0.4, 0.5) is 0 Å². The molecular weight excluding hydrogens is 160 g/mol. The monoisotopic (exact) mass is 174 g/mol. The van der Waals surface area contributed by atoms with Gasteiger partial charge in [-0.25, -0.2) is 0 Å². The van der Waals surface area contributed by atoms with Crippen LogP contribution in [0.2, 0.25) is 0 Å². The molecule has 0 aromatic carbocycles. The molecule has 0 radical (unpaired) electrons. The molecule has 11 heavy (non-hydrogen) atoms. The fraction of sp³-hybridized carbons (Fsp3) is 0.857. The second-order valence-electron chi connectivity index (χ2n) is 2.70. The van der Waals surface area contributed by atoms with E-state index in [9.17, 15) is 4.79 Å². The average Bonchev–Trinajstić information content (AvgIpc) is 1.86. The maximum atomic E-state index is 11.2. The molecule has 1 aliphatic heterocycles. The summed E-state index contributed by atoms with van der Waals surface area (Å²) in [6, 6.07) is 0.328. The molecule has 0 aromatic rings. The summed E-state index contributed by atoms with van der Waals surface area (Å²) in [4.78, 5) is 13.1. The second kappa shape index (κ2) is 3.97. The lowest BCUT2D eigenvalue weighted by molar-refractivity contribution is -0.135. The average molecular weight is 174 g/mol. The van der Waals surface area contributed by atoms with Crippen molar-refractivity contribution >= 4 is 17.7 Å². The molecule has 1 saturated heterocycles. The smallest absolute Gasteiger partial charge is 0.232 e. The van der Waals surface area contributed by atoms with Crippen LogP contribution in [-0.4, -0.2) is 41.9 Å². The lowest BCUT2D eigenvalue weighted by Crippen LogP contribution is -2.55. The Bertz CT molecular complexity index is 149. The molecule has 0 bridgehead atoms. The largest absolute Gasteiger partial charge is 0.338 e. The van der Waals surface area contributed by atoms with E-state index in [-0.39, 0.29) is 5.91 Å². The molecule has 1 fully saturated rings. The second-order valence-corrected chi connectivity index (χ2v) is 3.56. The molecule has 1 rings (SSSR count). The van der Waals surface area contributed by atoms with Crippen LogP contribution >= 0.6 is 11.8 Å². The molecule has 1 amide bonds. The van der Waals surface area contributed by atoms with E-state index in [1.165, 1.54) is 0 Å². The minimum Gasteiger partial charge on any atom is -0.338 e. The first-order valence-corrected chi connectivity index (χ1v) is 5.17. The van der Waals surface area contributed by atoms with Gasteiger partial charge in [0.25, 0.3) is 0 Å². The molecule has 1 atom stereocenters. The highest BCUT2D eigenvalue weighted by atomic mass is 32.2. The van der Waals surface area contributed by atoms with Crippen LogP contribution in [0.3, 0.4) is 0 Å². The quantitative estimate of drug-likeness (QED) is 0.650.